The summed E-state index contributed by atoms with van der Waals surface area (Å²) < 4.78 is 14.1. The average Bonchev–Trinajstić information content (AvgIpc) is 3.43. The lowest BCUT2D eigenvalue weighted by atomic mass is 10.1. The third-order valence-corrected chi connectivity index (χ3v) is 6.03. The van der Waals surface area contributed by atoms with Crippen molar-refractivity contribution in [1.82, 2.24) is 14.7 Å². The van der Waals surface area contributed by atoms with Gasteiger partial charge in [0.25, 0.3) is 0 Å². The maximum Gasteiger partial charge on any atom is 0.219 e. The Morgan fingerprint density at radius 2 is 2.03 bits per heavy atom. The molecule has 4 rings (SSSR count). The summed E-state index contributed by atoms with van der Waals surface area (Å²) in [4.78, 5) is 16.5. The van der Waals surface area contributed by atoms with Crippen molar-refractivity contribution >= 4 is 11.6 Å². The lowest BCUT2D eigenvalue weighted by molar-refractivity contribution is -0.131. The van der Waals surface area contributed by atoms with Gasteiger partial charge in [-0.1, -0.05) is 0 Å². The molecule has 1 atom stereocenters. The number of anilines is 1. The van der Waals surface area contributed by atoms with Crippen molar-refractivity contribution in [1.29, 1.82) is 0 Å². The van der Waals surface area contributed by atoms with Crippen LogP contribution in [0.2, 0.25) is 0 Å². The number of rotatable bonds is 7. The van der Waals surface area contributed by atoms with Crippen LogP contribution < -0.4 is 14.4 Å². The normalized spacial score (nSPS) is 19.9. The molecule has 0 unspecified atom stereocenters. The molecule has 30 heavy (non-hydrogen) atoms. The van der Waals surface area contributed by atoms with Crippen LogP contribution in [0.4, 0.5) is 5.69 Å². The third-order valence-electron chi connectivity index (χ3n) is 6.03. The molecule has 7 heteroatoms. The van der Waals surface area contributed by atoms with Crippen LogP contribution in [0.5, 0.6) is 11.5 Å². The van der Waals surface area contributed by atoms with Crippen LogP contribution in [0.25, 0.3) is 0 Å². The van der Waals surface area contributed by atoms with Crippen molar-refractivity contribution in [2.45, 2.75) is 58.2 Å². The smallest absolute Gasteiger partial charge is 0.219 e. The van der Waals surface area contributed by atoms with Crippen LogP contribution in [0.3, 0.4) is 0 Å². The van der Waals surface area contributed by atoms with E-state index in [-0.39, 0.29) is 18.1 Å². The zero-order valence-corrected chi connectivity index (χ0v) is 18.0. The second kappa shape index (κ2) is 9.41. The van der Waals surface area contributed by atoms with Gasteiger partial charge in [0.1, 0.15) is 0 Å². The Balaban J connectivity index is 1.53. The zero-order valence-electron chi connectivity index (χ0n) is 18.0. The Bertz CT molecular complexity index is 833. The van der Waals surface area contributed by atoms with Crippen LogP contribution in [0, 0.1) is 0 Å². The molecule has 0 N–H and O–H groups in total. The number of ether oxygens (including phenoxy) is 2. The van der Waals surface area contributed by atoms with Crippen molar-refractivity contribution in [2.75, 3.05) is 31.1 Å². The van der Waals surface area contributed by atoms with E-state index in [1.54, 1.807) is 13.1 Å². The second-order valence-corrected chi connectivity index (χ2v) is 8.13. The van der Waals surface area contributed by atoms with Gasteiger partial charge in [-0.3, -0.25) is 9.48 Å². The molecule has 0 radical (unpaired) electrons. The molecular formula is C23H32N4O3. The van der Waals surface area contributed by atoms with Gasteiger partial charge in [0, 0.05) is 50.7 Å². The Kier molecular flexibility index (Phi) is 6.45. The number of hydrogen-bond acceptors (Lipinski definition) is 5. The fraction of sp³-hybridized carbons (Fsp3) is 0.565. The molecule has 1 aromatic heterocycles. The Hall–Kier alpha value is -2.70. The number of carbonyl (C=O) groups is 1. The van der Waals surface area contributed by atoms with Crippen LogP contribution in [-0.2, 0) is 11.3 Å². The predicted octanol–water partition coefficient (Wildman–Crippen LogP) is 3.34. The first kappa shape index (κ1) is 20.6. The monoisotopic (exact) mass is 412 g/mol. The van der Waals surface area contributed by atoms with Crippen molar-refractivity contribution < 1.29 is 14.3 Å². The van der Waals surface area contributed by atoms with Crippen LogP contribution in [0.15, 0.2) is 36.7 Å². The highest BCUT2D eigenvalue weighted by atomic mass is 16.5. The van der Waals surface area contributed by atoms with Gasteiger partial charge in [0.15, 0.2) is 11.5 Å². The molecule has 1 amide bonds. The SMILES string of the molecule is CCOc1ccc(N2CCN(C(C)=O)[C@@H](Cn3cccn3)C2)cc1OC1CCCC1. The minimum atomic E-state index is 0.0712. The molecule has 2 heterocycles. The topological polar surface area (TPSA) is 59.8 Å². The molecule has 2 aliphatic rings. The summed E-state index contributed by atoms with van der Waals surface area (Å²) in [6, 6.07) is 8.21. The largest absolute Gasteiger partial charge is 0.490 e. The van der Waals surface area contributed by atoms with E-state index < -0.39 is 0 Å². The van der Waals surface area contributed by atoms with E-state index in [0.29, 0.717) is 19.7 Å². The highest BCUT2D eigenvalue weighted by Crippen LogP contribution is 2.36. The molecule has 1 aliphatic heterocycles. The molecule has 7 nitrogen and oxygen atoms in total. The zero-order chi connectivity index (χ0) is 20.9. The van der Waals surface area contributed by atoms with Crippen molar-refractivity contribution in [3.63, 3.8) is 0 Å². The Morgan fingerprint density at radius 3 is 2.73 bits per heavy atom. The van der Waals surface area contributed by atoms with E-state index in [4.69, 9.17) is 9.47 Å². The summed E-state index contributed by atoms with van der Waals surface area (Å²) in [7, 11) is 0. The molecular weight excluding hydrogens is 380 g/mol. The highest BCUT2D eigenvalue weighted by molar-refractivity contribution is 5.74. The summed E-state index contributed by atoms with van der Waals surface area (Å²) in [6.07, 6.45) is 8.69. The van der Waals surface area contributed by atoms with Crippen LogP contribution >= 0.6 is 0 Å². The number of benzene rings is 1. The number of aromatic nitrogens is 2. The molecule has 1 aliphatic carbocycles. The molecule has 2 aromatic rings. The van der Waals surface area contributed by atoms with Crippen LogP contribution in [-0.4, -0.2) is 59.0 Å². The van der Waals surface area contributed by atoms with Gasteiger partial charge in [0.2, 0.25) is 5.91 Å². The van der Waals surface area contributed by atoms with Gasteiger partial charge < -0.3 is 19.3 Å². The number of amides is 1. The van der Waals surface area contributed by atoms with E-state index in [1.807, 2.05) is 34.8 Å². The second-order valence-electron chi connectivity index (χ2n) is 8.13. The summed E-state index contributed by atoms with van der Waals surface area (Å²) >= 11 is 0. The van der Waals surface area contributed by atoms with Gasteiger partial charge >= 0.3 is 0 Å². The third kappa shape index (κ3) is 4.71. The maximum atomic E-state index is 12.2. The van der Waals surface area contributed by atoms with Crippen molar-refractivity contribution in [3.8, 4) is 11.5 Å². The quantitative estimate of drug-likeness (QED) is 0.698. The number of carbonyl (C=O) groups excluding carboxylic acids is 1. The molecule has 162 valence electrons. The van der Waals surface area contributed by atoms with Crippen molar-refractivity contribution in [3.05, 3.63) is 36.7 Å². The summed E-state index contributed by atoms with van der Waals surface area (Å²) in [5, 5.41) is 4.33. The van der Waals surface area contributed by atoms with Gasteiger partial charge in [-0.15, -0.1) is 0 Å². The van der Waals surface area contributed by atoms with Gasteiger partial charge in [-0.2, -0.15) is 5.10 Å². The first-order valence-electron chi connectivity index (χ1n) is 11.1. The lowest BCUT2D eigenvalue weighted by Crippen LogP contribution is -2.56. The average molecular weight is 413 g/mol. The molecule has 2 fully saturated rings. The predicted molar refractivity (Wildman–Crippen MR) is 116 cm³/mol. The van der Waals surface area contributed by atoms with E-state index in [2.05, 4.69) is 22.1 Å². The standard InChI is InChI=1S/C23H32N4O3/c1-3-29-22-10-9-19(15-23(22)30-21-7-4-5-8-21)25-13-14-27(18(2)28)20(16-25)17-26-12-6-11-24-26/h6,9-12,15,20-21H,3-5,7-8,13-14,16-17H2,1-2H3/t20-/m1/s1. The number of piperazine rings is 1. The minimum absolute atomic E-state index is 0.0712. The maximum absolute atomic E-state index is 12.2. The number of nitrogens with zero attached hydrogens (tertiary/aromatic N) is 4. The van der Waals surface area contributed by atoms with Crippen LogP contribution in [0.1, 0.15) is 39.5 Å². The Labute approximate surface area is 178 Å². The molecule has 0 spiro atoms. The first-order chi connectivity index (χ1) is 14.6. The fourth-order valence-electron chi connectivity index (χ4n) is 4.53. The fourth-order valence-corrected chi connectivity index (χ4v) is 4.53. The van der Waals surface area contributed by atoms with E-state index in [1.165, 1.54) is 12.8 Å². The van der Waals surface area contributed by atoms with Gasteiger partial charge in [-0.05, 0) is 50.8 Å². The first-order valence-corrected chi connectivity index (χ1v) is 11.1. The molecule has 1 aromatic carbocycles. The van der Waals surface area contributed by atoms with Gasteiger partial charge in [0.05, 0.1) is 25.3 Å². The number of hydrogen-bond donors (Lipinski definition) is 0. The minimum Gasteiger partial charge on any atom is -0.490 e. The van der Waals surface area contributed by atoms with E-state index in [9.17, 15) is 4.79 Å². The highest BCUT2D eigenvalue weighted by Gasteiger charge is 2.30. The van der Waals surface area contributed by atoms with E-state index >= 15 is 0 Å². The molecule has 1 saturated heterocycles. The summed E-state index contributed by atoms with van der Waals surface area (Å²) in [5.41, 5.74) is 1.11. The van der Waals surface area contributed by atoms with Crippen molar-refractivity contribution in [2.24, 2.45) is 0 Å². The Morgan fingerprint density at radius 1 is 1.20 bits per heavy atom. The summed E-state index contributed by atoms with van der Waals surface area (Å²) in [6.45, 7) is 7.20. The molecule has 1 saturated carbocycles. The van der Waals surface area contributed by atoms with Gasteiger partial charge in [-0.25, -0.2) is 0 Å². The summed E-state index contributed by atoms with van der Waals surface area (Å²) in [5.74, 6) is 1.76. The van der Waals surface area contributed by atoms with E-state index in [0.717, 1.165) is 43.1 Å². The molecule has 0 bridgehead atoms. The lowest BCUT2D eigenvalue weighted by Gasteiger charge is -2.42.